The molecule has 2 aromatic carbocycles. The summed E-state index contributed by atoms with van der Waals surface area (Å²) in [4.78, 5) is 25.9. The number of benzene rings is 2. The molecule has 1 aliphatic heterocycles. The lowest BCUT2D eigenvalue weighted by molar-refractivity contribution is -0.384. The van der Waals surface area contributed by atoms with Crippen LogP contribution in [0.1, 0.15) is 62.1 Å². The number of hydrogen-bond donors (Lipinski definition) is 0. The van der Waals surface area contributed by atoms with E-state index in [2.05, 4.69) is 0 Å². The van der Waals surface area contributed by atoms with E-state index in [1.807, 2.05) is 17.0 Å². The van der Waals surface area contributed by atoms with Gasteiger partial charge in [-0.3, -0.25) is 14.9 Å². The summed E-state index contributed by atoms with van der Waals surface area (Å²) in [5, 5.41) is 11.0. The Balaban J connectivity index is 1.55. The minimum Gasteiger partial charge on any atom is -0.493 e. The molecule has 0 N–H and O–H groups in total. The number of carbonyl (C=O) groups is 1. The summed E-state index contributed by atoms with van der Waals surface area (Å²) >= 11 is 0. The van der Waals surface area contributed by atoms with Crippen molar-refractivity contribution < 1.29 is 23.9 Å². The van der Waals surface area contributed by atoms with Gasteiger partial charge < -0.3 is 19.1 Å². The van der Waals surface area contributed by atoms with Crippen LogP contribution in [0.2, 0.25) is 0 Å². The summed E-state index contributed by atoms with van der Waals surface area (Å²) in [6.07, 6.45) is 8.50. The third-order valence-electron chi connectivity index (χ3n) is 7.27. The number of rotatable bonds is 9. The second-order valence-electron chi connectivity index (χ2n) is 9.36. The monoisotopic (exact) mass is 482 g/mol. The average molecular weight is 483 g/mol. The molecule has 0 radical (unpaired) electrons. The summed E-state index contributed by atoms with van der Waals surface area (Å²) in [6, 6.07) is 9.66. The Kier molecular flexibility index (Phi) is 8.10. The molecule has 1 saturated carbocycles. The number of non-ortho nitro benzene ring substituents is 1. The molecule has 0 bridgehead atoms. The first kappa shape index (κ1) is 24.8. The maximum absolute atomic E-state index is 13.4. The van der Waals surface area contributed by atoms with Crippen LogP contribution in [-0.4, -0.2) is 43.1 Å². The SMILES string of the molecule is COc1cc2c(cc1OC)C(COc1ccc([N+](=O)[O-])cc1)N(C(=O)CCC1CCCCC1)CC2. The van der Waals surface area contributed by atoms with Crippen molar-refractivity contribution >= 4 is 11.6 Å². The number of ether oxygens (including phenoxy) is 3. The van der Waals surface area contributed by atoms with Gasteiger partial charge >= 0.3 is 0 Å². The highest BCUT2D eigenvalue weighted by atomic mass is 16.6. The number of nitro groups is 1. The summed E-state index contributed by atoms with van der Waals surface area (Å²) in [5.41, 5.74) is 2.11. The van der Waals surface area contributed by atoms with Crippen LogP contribution in [0, 0.1) is 16.0 Å². The lowest BCUT2D eigenvalue weighted by Crippen LogP contribution is -2.42. The number of carbonyl (C=O) groups excluding carboxylic acids is 1. The zero-order valence-corrected chi connectivity index (χ0v) is 20.5. The number of methoxy groups -OCH3 is 2. The summed E-state index contributed by atoms with van der Waals surface area (Å²) < 4.78 is 17.1. The lowest BCUT2D eigenvalue weighted by atomic mass is 9.85. The molecule has 0 spiro atoms. The van der Waals surface area contributed by atoms with E-state index < -0.39 is 4.92 Å². The summed E-state index contributed by atoms with van der Waals surface area (Å²) in [7, 11) is 3.21. The molecular formula is C27H34N2O6. The largest absolute Gasteiger partial charge is 0.493 e. The van der Waals surface area contributed by atoms with Gasteiger partial charge in [-0.2, -0.15) is 0 Å². The summed E-state index contributed by atoms with van der Waals surface area (Å²) in [5.74, 6) is 2.59. The molecule has 35 heavy (non-hydrogen) atoms. The standard InChI is InChI=1S/C27H34N2O6/c1-33-25-16-20-14-15-28(27(30)13-8-19-6-4-3-5-7-19)24(23(20)17-26(25)34-2)18-35-22-11-9-21(10-12-22)29(31)32/h9-12,16-17,19,24H,3-8,13-15,18H2,1-2H3. The fraction of sp³-hybridized carbons (Fsp3) is 0.519. The van der Waals surface area contributed by atoms with Gasteiger partial charge in [-0.15, -0.1) is 0 Å². The van der Waals surface area contributed by atoms with Gasteiger partial charge in [0, 0.05) is 25.1 Å². The highest BCUT2D eigenvalue weighted by molar-refractivity contribution is 5.77. The first-order chi connectivity index (χ1) is 17.0. The van der Waals surface area contributed by atoms with Crippen LogP contribution >= 0.6 is 0 Å². The Hall–Kier alpha value is -3.29. The second-order valence-corrected chi connectivity index (χ2v) is 9.36. The van der Waals surface area contributed by atoms with Crippen molar-refractivity contribution in [3.63, 3.8) is 0 Å². The number of fused-ring (bicyclic) bond motifs is 1. The van der Waals surface area contributed by atoms with Gasteiger partial charge in [-0.25, -0.2) is 0 Å². The van der Waals surface area contributed by atoms with Gasteiger partial charge in [0.05, 0.1) is 25.2 Å². The minimum absolute atomic E-state index is 0.0108. The zero-order chi connectivity index (χ0) is 24.8. The fourth-order valence-corrected chi connectivity index (χ4v) is 5.29. The molecule has 1 fully saturated rings. The minimum atomic E-state index is -0.437. The van der Waals surface area contributed by atoms with Crippen LogP contribution in [0.5, 0.6) is 17.2 Å². The molecule has 4 rings (SSSR count). The van der Waals surface area contributed by atoms with Crippen LogP contribution < -0.4 is 14.2 Å². The molecule has 8 heteroatoms. The molecule has 0 saturated heterocycles. The van der Waals surface area contributed by atoms with Crippen molar-refractivity contribution in [3.05, 3.63) is 57.6 Å². The van der Waals surface area contributed by atoms with E-state index in [-0.39, 0.29) is 24.2 Å². The van der Waals surface area contributed by atoms with Gasteiger partial charge in [0.1, 0.15) is 12.4 Å². The van der Waals surface area contributed by atoms with Crippen LogP contribution in [0.25, 0.3) is 0 Å². The number of amides is 1. The maximum atomic E-state index is 13.4. The highest BCUT2D eigenvalue weighted by Gasteiger charge is 2.33. The molecule has 1 heterocycles. The normalized spacial score (nSPS) is 18.0. The van der Waals surface area contributed by atoms with Crippen molar-refractivity contribution in [1.29, 1.82) is 0 Å². The average Bonchev–Trinajstić information content (AvgIpc) is 2.90. The van der Waals surface area contributed by atoms with E-state index in [1.54, 1.807) is 26.4 Å². The van der Waals surface area contributed by atoms with Crippen molar-refractivity contribution in [2.45, 2.75) is 57.4 Å². The molecule has 0 aromatic heterocycles. The highest BCUT2D eigenvalue weighted by Crippen LogP contribution is 2.39. The van der Waals surface area contributed by atoms with Crippen LogP contribution in [0.3, 0.4) is 0 Å². The van der Waals surface area contributed by atoms with Crippen LogP contribution in [-0.2, 0) is 11.2 Å². The second kappa shape index (κ2) is 11.4. The molecule has 188 valence electrons. The van der Waals surface area contributed by atoms with Crippen molar-refractivity contribution in [2.75, 3.05) is 27.4 Å². The Morgan fingerprint density at radius 2 is 1.74 bits per heavy atom. The van der Waals surface area contributed by atoms with Crippen molar-refractivity contribution in [2.24, 2.45) is 5.92 Å². The van der Waals surface area contributed by atoms with Gasteiger partial charge in [0.2, 0.25) is 5.91 Å². The Morgan fingerprint density at radius 3 is 2.40 bits per heavy atom. The van der Waals surface area contributed by atoms with Gasteiger partial charge in [0.15, 0.2) is 11.5 Å². The van der Waals surface area contributed by atoms with Crippen molar-refractivity contribution in [1.82, 2.24) is 4.90 Å². The molecular weight excluding hydrogens is 448 g/mol. The molecule has 1 amide bonds. The Bertz CT molecular complexity index is 1030. The predicted octanol–water partition coefficient (Wildman–Crippen LogP) is 5.48. The maximum Gasteiger partial charge on any atom is 0.269 e. The van der Waals surface area contributed by atoms with Crippen LogP contribution in [0.15, 0.2) is 36.4 Å². The van der Waals surface area contributed by atoms with Gasteiger partial charge in [-0.05, 0) is 54.2 Å². The molecule has 1 aliphatic carbocycles. The van der Waals surface area contributed by atoms with E-state index in [9.17, 15) is 14.9 Å². The lowest BCUT2D eigenvalue weighted by Gasteiger charge is -2.38. The molecule has 2 aromatic rings. The first-order valence-electron chi connectivity index (χ1n) is 12.4. The molecule has 2 aliphatic rings. The fourth-order valence-electron chi connectivity index (χ4n) is 5.29. The third kappa shape index (κ3) is 5.86. The number of hydrogen-bond acceptors (Lipinski definition) is 6. The zero-order valence-electron chi connectivity index (χ0n) is 20.5. The van der Waals surface area contributed by atoms with Gasteiger partial charge in [0.25, 0.3) is 5.69 Å². The number of nitrogens with zero attached hydrogens (tertiary/aromatic N) is 2. The Morgan fingerprint density at radius 1 is 1.06 bits per heavy atom. The Labute approximate surface area is 206 Å². The van der Waals surface area contributed by atoms with E-state index in [0.717, 1.165) is 24.0 Å². The topological polar surface area (TPSA) is 91.1 Å². The predicted molar refractivity (Wildman–Crippen MR) is 132 cm³/mol. The third-order valence-corrected chi connectivity index (χ3v) is 7.27. The smallest absolute Gasteiger partial charge is 0.269 e. The first-order valence-corrected chi connectivity index (χ1v) is 12.4. The van der Waals surface area contributed by atoms with E-state index in [4.69, 9.17) is 14.2 Å². The molecule has 1 atom stereocenters. The number of nitro benzene ring substituents is 1. The van der Waals surface area contributed by atoms with Crippen molar-refractivity contribution in [3.8, 4) is 17.2 Å². The molecule has 1 unspecified atom stereocenters. The van der Waals surface area contributed by atoms with E-state index in [0.29, 0.717) is 36.1 Å². The van der Waals surface area contributed by atoms with E-state index in [1.165, 1.54) is 44.2 Å². The van der Waals surface area contributed by atoms with E-state index >= 15 is 0 Å². The van der Waals surface area contributed by atoms with Gasteiger partial charge in [-0.1, -0.05) is 32.1 Å². The summed E-state index contributed by atoms with van der Waals surface area (Å²) in [6.45, 7) is 0.857. The molecule has 8 nitrogen and oxygen atoms in total. The quantitative estimate of drug-likeness (QED) is 0.347. The van der Waals surface area contributed by atoms with Crippen LogP contribution in [0.4, 0.5) is 5.69 Å².